The Morgan fingerprint density at radius 2 is 1.72 bits per heavy atom. The first-order chi connectivity index (χ1) is 11.8. The molecule has 9 nitrogen and oxygen atoms in total. The van der Waals surface area contributed by atoms with Gasteiger partial charge in [-0.25, -0.2) is 4.79 Å². The molecule has 136 valence electrons. The van der Waals surface area contributed by atoms with Crippen LogP contribution in [0.4, 0.5) is 0 Å². The van der Waals surface area contributed by atoms with Gasteiger partial charge in [-0.15, -0.1) is 0 Å². The van der Waals surface area contributed by atoms with Gasteiger partial charge in [0.2, 0.25) is 11.8 Å². The summed E-state index contributed by atoms with van der Waals surface area (Å²) in [6.07, 6.45) is -0.221. The normalized spacial score (nSPS) is 12.7. The Morgan fingerprint density at radius 3 is 2.28 bits per heavy atom. The van der Waals surface area contributed by atoms with Crippen molar-refractivity contribution >= 4 is 23.8 Å². The predicted octanol–water partition coefficient (Wildman–Crippen LogP) is -0.893. The van der Waals surface area contributed by atoms with Gasteiger partial charge in [-0.1, -0.05) is 30.3 Å². The molecule has 0 aliphatic carbocycles. The van der Waals surface area contributed by atoms with Gasteiger partial charge in [-0.2, -0.15) is 0 Å². The molecule has 1 rings (SSSR count). The number of nitrogens with two attached hydrogens (primary N) is 1. The van der Waals surface area contributed by atoms with Crippen molar-refractivity contribution in [2.75, 3.05) is 6.54 Å². The Bertz CT molecular complexity index is 620. The zero-order chi connectivity index (χ0) is 18.8. The number of carboxylic acids is 2. The van der Waals surface area contributed by atoms with E-state index in [1.165, 1.54) is 0 Å². The van der Waals surface area contributed by atoms with Crippen LogP contribution in [0.3, 0.4) is 0 Å². The Labute approximate surface area is 144 Å². The molecule has 2 amide bonds. The number of nitrogens with one attached hydrogen (secondary N) is 2. The van der Waals surface area contributed by atoms with E-state index in [0.717, 1.165) is 5.56 Å². The molecule has 1 unspecified atom stereocenters. The highest BCUT2D eigenvalue weighted by atomic mass is 16.4. The summed E-state index contributed by atoms with van der Waals surface area (Å²) in [5, 5.41) is 22.3. The standard InChI is InChI=1S/C16H21N3O6/c17-11(6-7-14(21)22)15(23)18-9-13(20)19-12(16(24)25)8-10-4-2-1-3-5-10/h1-5,11-12H,6-9,17H2,(H,18,23)(H,19,20)(H,21,22)(H,24,25)/t11-,12?/m0/s1. The number of benzene rings is 1. The second kappa shape index (κ2) is 10.0. The minimum absolute atomic E-state index is 0.0610. The quantitative estimate of drug-likeness (QED) is 0.365. The van der Waals surface area contributed by atoms with Gasteiger partial charge in [0, 0.05) is 12.8 Å². The van der Waals surface area contributed by atoms with Crippen molar-refractivity contribution in [2.24, 2.45) is 5.73 Å². The second-order valence-corrected chi connectivity index (χ2v) is 5.40. The maximum atomic E-state index is 11.8. The van der Waals surface area contributed by atoms with Crippen LogP contribution < -0.4 is 16.4 Å². The maximum absolute atomic E-state index is 11.8. The molecule has 1 aromatic carbocycles. The minimum Gasteiger partial charge on any atom is -0.481 e. The zero-order valence-electron chi connectivity index (χ0n) is 13.5. The van der Waals surface area contributed by atoms with Gasteiger partial charge in [0.05, 0.1) is 12.6 Å². The summed E-state index contributed by atoms with van der Waals surface area (Å²) in [5.74, 6) is -3.62. The van der Waals surface area contributed by atoms with Crippen molar-refractivity contribution in [3.8, 4) is 0 Å². The van der Waals surface area contributed by atoms with Gasteiger partial charge in [0.25, 0.3) is 0 Å². The molecule has 0 bridgehead atoms. The van der Waals surface area contributed by atoms with Gasteiger partial charge >= 0.3 is 11.9 Å². The van der Waals surface area contributed by atoms with Gasteiger partial charge in [0.1, 0.15) is 6.04 Å². The summed E-state index contributed by atoms with van der Waals surface area (Å²) in [6, 6.07) is 6.61. The predicted molar refractivity (Wildman–Crippen MR) is 87.6 cm³/mol. The molecule has 0 radical (unpaired) electrons. The number of hydrogen-bond donors (Lipinski definition) is 5. The molecule has 9 heteroatoms. The molecular formula is C16H21N3O6. The Kier molecular flexibility index (Phi) is 8.07. The molecule has 0 fully saturated rings. The van der Waals surface area contributed by atoms with Crippen molar-refractivity contribution in [1.82, 2.24) is 10.6 Å². The number of rotatable bonds is 10. The summed E-state index contributed by atoms with van der Waals surface area (Å²) >= 11 is 0. The lowest BCUT2D eigenvalue weighted by Crippen LogP contribution is -2.49. The molecule has 25 heavy (non-hydrogen) atoms. The van der Waals surface area contributed by atoms with Crippen molar-refractivity contribution < 1.29 is 29.4 Å². The maximum Gasteiger partial charge on any atom is 0.326 e. The fourth-order valence-corrected chi connectivity index (χ4v) is 2.00. The lowest BCUT2D eigenvalue weighted by atomic mass is 10.1. The van der Waals surface area contributed by atoms with E-state index in [2.05, 4.69) is 10.6 Å². The molecular weight excluding hydrogens is 330 g/mol. The van der Waals surface area contributed by atoms with Crippen LogP contribution in [0, 0.1) is 0 Å². The molecule has 6 N–H and O–H groups in total. The first kappa shape index (κ1) is 20.1. The van der Waals surface area contributed by atoms with Gasteiger partial charge in [-0.05, 0) is 12.0 Å². The van der Waals surface area contributed by atoms with E-state index in [1.54, 1.807) is 30.3 Å². The van der Waals surface area contributed by atoms with E-state index in [1.807, 2.05) is 0 Å². The Hall–Kier alpha value is -2.94. The number of carboxylic acid groups (broad SMARTS) is 2. The van der Waals surface area contributed by atoms with Crippen LogP contribution in [0.2, 0.25) is 0 Å². The largest absolute Gasteiger partial charge is 0.481 e. The number of carbonyl (C=O) groups is 4. The van der Waals surface area contributed by atoms with Crippen molar-refractivity contribution in [3.63, 3.8) is 0 Å². The molecule has 0 saturated heterocycles. The Balaban J connectivity index is 2.46. The lowest BCUT2D eigenvalue weighted by molar-refractivity contribution is -0.141. The second-order valence-electron chi connectivity index (χ2n) is 5.40. The third-order valence-electron chi connectivity index (χ3n) is 3.35. The third kappa shape index (κ3) is 7.93. The van der Waals surface area contributed by atoms with Crippen LogP contribution >= 0.6 is 0 Å². The van der Waals surface area contributed by atoms with Crippen molar-refractivity contribution in [1.29, 1.82) is 0 Å². The summed E-state index contributed by atoms with van der Waals surface area (Å²) in [7, 11) is 0. The molecule has 0 aliphatic rings. The molecule has 2 atom stereocenters. The average molecular weight is 351 g/mol. The first-order valence-corrected chi connectivity index (χ1v) is 7.60. The van der Waals surface area contributed by atoms with Gasteiger partial charge in [-0.3, -0.25) is 14.4 Å². The number of hydrogen-bond acceptors (Lipinski definition) is 5. The number of carbonyl (C=O) groups excluding carboxylic acids is 2. The number of amides is 2. The average Bonchev–Trinajstić information content (AvgIpc) is 2.57. The van der Waals surface area contributed by atoms with E-state index >= 15 is 0 Å². The monoisotopic (exact) mass is 351 g/mol. The van der Waals surface area contributed by atoms with E-state index in [9.17, 15) is 24.3 Å². The first-order valence-electron chi connectivity index (χ1n) is 7.60. The van der Waals surface area contributed by atoms with Gasteiger partial charge in [0.15, 0.2) is 0 Å². The van der Waals surface area contributed by atoms with E-state index < -0.39 is 42.4 Å². The third-order valence-corrected chi connectivity index (χ3v) is 3.35. The fourth-order valence-electron chi connectivity index (χ4n) is 2.00. The molecule has 0 aliphatic heterocycles. The summed E-state index contributed by atoms with van der Waals surface area (Å²) in [6.45, 7) is -0.446. The van der Waals surface area contributed by atoms with Crippen LogP contribution in [-0.4, -0.2) is 52.6 Å². The van der Waals surface area contributed by atoms with Crippen LogP contribution in [0.1, 0.15) is 18.4 Å². The van der Waals surface area contributed by atoms with Crippen LogP contribution in [0.15, 0.2) is 30.3 Å². The SMILES string of the molecule is N[C@@H](CCC(=O)O)C(=O)NCC(=O)NC(Cc1ccccc1)C(=O)O. The summed E-state index contributed by atoms with van der Waals surface area (Å²) in [5.41, 5.74) is 6.25. The summed E-state index contributed by atoms with van der Waals surface area (Å²) in [4.78, 5) is 45.1. The highest BCUT2D eigenvalue weighted by Crippen LogP contribution is 2.03. The smallest absolute Gasteiger partial charge is 0.326 e. The van der Waals surface area contributed by atoms with Crippen molar-refractivity contribution in [2.45, 2.75) is 31.3 Å². The lowest BCUT2D eigenvalue weighted by Gasteiger charge is -2.16. The van der Waals surface area contributed by atoms with E-state index in [-0.39, 0.29) is 19.3 Å². The molecule has 1 aromatic rings. The van der Waals surface area contributed by atoms with Crippen molar-refractivity contribution in [3.05, 3.63) is 35.9 Å². The molecule has 0 heterocycles. The molecule has 0 spiro atoms. The van der Waals surface area contributed by atoms with E-state index in [0.29, 0.717) is 0 Å². The van der Waals surface area contributed by atoms with Crippen LogP contribution in [0.5, 0.6) is 0 Å². The highest BCUT2D eigenvalue weighted by molar-refractivity contribution is 5.89. The molecule has 0 aromatic heterocycles. The zero-order valence-corrected chi connectivity index (χ0v) is 13.5. The fraction of sp³-hybridized carbons (Fsp3) is 0.375. The topological polar surface area (TPSA) is 159 Å². The summed E-state index contributed by atoms with van der Waals surface area (Å²) < 4.78 is 0. The number of aliphatic carboxylic acids is 2. The van der Waals surface area contributed by atoms with E-state index in [4.69, 9.17) is 10.8 Å². The molecule has 0 saturated carbocycles. The minimum atomic E-state index is -1.19. The van der Waals surface area contributed by atoms with Crippen LogP contribution in [-0.2, 0) is 25.6 Å². The Morgan fingerprint density at radius 1 is 1.08 bits per heavy atom. The van der Waals surface area contributed by atoms with Crippen LogP contribution in [0.25, 0.3) is 0 Å². The van der Waals surface area contributed by atoms with Gasteiger partial charge < -0.3 is 26.6 Å². The highest BCUT2D eigenvalue weighted by Gasteiger charge is 2.21.